The summed E-state index contributed by atoms with van der Waals surface area (Å²) in [5.74, 6) is -0.721. The first-order valence-electron chi connectivity index (χ1n) is 9.18. The fraction of sp³-hybridized carbons (Fsp3) is 0.200. The first kappa shape index (κ1) is 21.8. The van der Waals surface area contributed by atoms with E-state index in [1.165, 1.54) is 29.5 Å². The average Bonchev–Trinajstić information content (AvgIpc) is 3.27. The average molecular weight is 432 g/mol. The molecule has 0 aliphatic rings. The van der Waals surface area contributed by atoms with E-state index in [1.807, 2.05) is 0 Å². The molecule has 0 fully saturated rings. The van der Waals surface area contributed by atoms with Crippen LogP contribution in [0.3, 0.4) is 0 Å². The predicted octanol–water partition coefficient (Wildman–Crippen LogP) is 3.55. The Morgan fingerprint density at radius 2 is 1.71 bits per heavy atom. The Bertz CT molecular complexity index is 1040. The normalized spacial score (nSPS) is 12.1. The van der Waals surface area contributed by atoms with Gasteiger partial charge in [-0.2, -0.15) is 18.3 Å². The van der Waals surface area contributed by atoms with Gasteiger partial charge in [-0.05, 0) is 49.4 Å². The lowest BCUT2D eigenvalue weighted by Crippen LogP contribution is -2.24. The summed E-state index contributed by atoms with van der Waals surface area (Å²) >= 11 is 0. The van der Waals surface area contributed by atoms with Crippen molar-refractivity contribution in [1.29, 1.82) is 0 Å². The zero-order valence-electron chi connectivity index (χ0n) is 16.3. The number of rotatable bonds is 7. The highest BCUT2D eigenvalue weighted by Gasteiger charge is 2.30. The van der Waals surface area contributed by atoms with Crippen LogP contribution in [-0.2, 0) is 15.8 Å². The number of nitrogens with zero attached hydrogens (tertiary/aromatic N) is 3. The molecule has 0 radical (unpaired) electrons. The van der Waals surface area contributed by atoms with Gasteiger partial charge in [0.2, 0.25) is 11.8 Å². The van der Waals surface area contributed by atoms with Gasteiger partial charge in [0.25, 0.3) is 0 Å². The molecule has 1 aromatic heterocycles. The Morgan fingerprint density at radius 1 is 1.03 bits per heavy atom. The quantitative estimate of drug-likeness (QED) is 0.530. The smallest absolute Gasteiger partial charge is 0.376 e. The number of hydrogen-bond acceptors (Lipinski definition) is 5. The third kappa shape index (κ3) is 6.04. The summed E-state index contributed by atoms with van der Waals surface area (Å²) < 4.78 is 39.6. The zero-order valence-corrected chi connectivity index (χ0v) is 16.3. The van der Waals surface area contributed by atoms with Gasteiger partial charge < -0.3 is 16.0 Å². The molecule has 31 heavy (non-hydrogen) atoms. The van der Waals surface area contributed by atoms with Gasteiger partial charge in [-0.15, -0.1) is 0 Å². The van der Waals surface area contributed by atoms with E-state index < -0.39 is 23.7 Å². The van der Waals surface area contributed by atoms with Gasteiger partial charge >= 0.3 is 6.18 Å². The Kier molecular flexibility index (Phi) is 6.53. The molecule has 11 heteroatoms. The molecule has 3 rings (SSSR count). The molecule has 162 valence electrons. The number of alkyl halides is 3. The van der Waals surface area contributed by atoms with Crippen LogP contribution in [0, 0.1) is 0 Å². The fourth-order valence-corrected chi connectivity index (χ4v) is 2.61. The van der Waals surface area contributed by atoms with Gasteiger partial charge in [-0.3, -0.25) is 9.59 Å². The van der Waals surface area contributed by atoms with Gasteiger partial charge in [-0.25, -0.2) is 9.67 Å². The van der Waals surface area contributed by atoms with Crippen molar-refractivity contribution in [2.24, 2.45) is 0 Å². The maximum atomic E-state index is 12.7. The predicted molar refractivity (Wildman–Crippen MR) is 108 cm³/mol. The number of halogens is 3. The lowest BCUT2D eigenvalue weighted by atomic mass is 10.2. The summed E-state index contributed by atoms with van der Waals surface area (Å²) in [6, 6.07) is 10.5. The molecule has 2 aromatic carbocycles. The highest BCUT2D eigenvalue weighted by Crippen LogP contribution is 2.30. The molecular formula is C20H19F3N6O2. The lowest BCUT2D eigenvalue weighted by molar-refractivity contribution is -0.137. The molecular weight excluding hydrogens is 413 g/mol. The van der Waals surface area contributed by atoms with Crippen molar-refractivity contribution in [3.8, 4) is 0 Å². The largest absolute Gasteiger partial charge is 0.416 e. The number of hydrogen-bond donors (Lipinski definition) is 3. The lowest BCUT2D eigenvalue weighted by Gasteiger charge is -2.13. The van der Waals surface area contributed by atoms with Crippen molar-refractivity contribution in [2.45, 2.75) is 19.1 Å². The first-order chi connectivity index (χ1) is 14.7. The highest BCUT2D eigenvalue weighted by molar-refractivity contribution is 5.95. The maximum Gasteiger partial charge on any atom is 0.416 e. The summed E-state index contributed by atoms with van der Waals surface area (Å²) in [6.45, 7) is 1.46. The third-order valence-electron chi connectivity index (χ3n) is 4.29. The molecule has 0 aliphatic carbocycles. The summed E-state index contributed by atoms with van der Waals surface area (Å²) in [6.07, 6.45) is -1.68. The topological polar surface area (TPSA) is 101 Å². The van der Waals surface area contributed by atoms with Gasteiger partial charge in [-0.1, -0.05) is 6.07 Å². The molecule has 0 spiro atoms. The second-order valence-electron chi connectivity index (χ2n) is 6.60. The number of aromatic nitrogens is 3. The molecule has 1 heterocycles. The molecule has 0 aliphatic heterocycles. The second kappa shape index (κ2) is 9.28. The Labute approximate surface area is 175 Å². The van der Waals surface area contributed by atoms with Crippen molar-refractivity contribution in [2.75, 3.05) is 22.5 Å². The standard InChI is InChI=1S/C20H19F3N6O2/c1-13(29-12-24-11-26-29)19(31)28-16-7-5-15(6-8-16)27-18(30)10-25-17-4-2-3-14(9-17)20(21,22)23/h2-9,11-13,25H,10H2,1H3,(H,27,30)(H,28,31). The molecule has 3 aromatic rings. The van der Waals surface area contributed by atoms with E-state index >= 15 is 0 Å². The van der Waals surface area contributed by atoms with Crippen LogP contribution in [0.5, 0.6) is 0 Å². The highest BCUT2D eigenvalue weighted by atomic mass is 19.4. The molecule has 1 unspecified atom stereocenters. The van der Waals surface area contributed by atoms with Gasteiger partial charge in [0.1, 0.15) is 18.7 Å². The number of benzene rings is 2. The van der Waals surface area contributed by atoms with Crippen LogP contribution in [-0.4, -0.2) is 33.1 Å². The minimum absolute atomic E-state index is 0.185. The Balaban J connectivity index is 1.50. The summed E-state index contributed by atoms with van der Waals surface area (Å²) in [7, 11) is 0. The van der Waals surface area contributed by atoms with E-state index in [0.717, 1.165) is 12.1 Å². The first-order valence-corrected chi connectivity index (χ1v) is 9.18. The Hall–Kier alpha value is -3.89. The van der Waals surface area contributed by atoms with Crippen molar-refractivity contribution in [1.82, 2.24) is 14.8 Å². The molecule has 8 nitrogen and oxygen atoms in total. The van der Waals surface area contributed by atoms with E-state index in [1.54, 1.807) is 31.2 Å². The van der Waals surface area contributed by atoms with Crippen molar-refractivity contribution in [3.63, 3.8) is 0 Å². The van der Waals surface area contributed by atoms with E-state index in [0.29, 0.717) is 11.4 Å². The SMILES string of the molecule is CC(C(=O)Nc1ccc(NC(=O)CNc2cccc(C(F)(F)F)c2)cc1)n1cncn1. The summed E-state index contributed by atoms with van der Waals surface area (Å²) in [4.78, 5) is 28.1. The molecule has 0 saturated heterocycles. The van der Waals surface area contributed by atoms with Gasteiger partial charge in [0.15, 0.2) is 0 Å². The minimum Gasteiger partial charge on any atom is -0.376 e. The van der Waals surface area contributed by atoms with Crippen LogP contribution in [0.15, 0.2) is 61.2 Å². The molecule has 0 saturated carbocycles. The van der Waals surface area contributed by atoms with Crippen LogP contribution in [0.25, 0.3) is 0 Å². The van der Waals surface area contributed by atoms with E-state index in [-0.39, 0.29) is 18.1 Å². The van der Waals surface area contributed by atoms with Gasteiger partial charge in [0, 0.05) is 17.1 Å². The van der Waals surface area contributed by atoms with Crippen molar-refractivity contribution >= 4 is 28.9 Å². The maximum absolute atomic E-state index is 12.7. The summed E-state index contributed by atoms with van der Waals surface area (Å²) in [5, 5.41) is 11.9. The van der Waals surface area contributed by atoms with Crippen molar-refractivity contribution < 1.29 is 22.8 Å². The van der Waals surface area contributed by atoms with Crippen LogP contribution in [0.1, 0.15) is 18.5 Å². The third-order valence-corrected chi connectivity index (χ3v) is 4.29. The Morgan fingerprint density at radius 3 is 2.32 bits per heavy atom. The minimum atomic E-state index is -4.45. The monoisotopic (exact) mass is 432 g/mol. The number of nitrogens with one attached hydrogen (secondary N) is 3. The zero-order chi connectivity index (χ0) is 22.4. The van der Waals surface area contributed by atoms with Crippen LogP contribution in [0.2, 0.25) is 0 Å². The number of amides is 2. The summed E-state index contributed by atoms with van der Waals surface area (Å²) in [5.41, 5.74) is 0.383. The number of carbonyl (C=O) groups is 2. The molecule has 3 N–H and O–H groups in total. The van der Waals surface area contributed by atoms with Gasteiger partial charge in [0.05, 0.1) is 12.1 Å². The van der Waals surface area contributed by atoms with E-state index in [4.69, 9.17) is 0 Å². The van der Waals surface area contributed by atoms with Crippen LogP contribution < -0.4 is 16.0 Å². The second-order valence-corrected chi connectivity index (χ2v) is 6.60. The van der Waals surface area contributed by atoms with E-state index in [2.05, 4.69) is 26.0 Å². The van der Waals surface area contributed by atoms with Crippen molar-refractivity contribution in [3.05, 3.63) is 66.7 Å². The number of carbonyl (C=O) groups excluding carboxylic acids is 2. The van der Waals surface area contributed by atoms with E-state index in [9.17, 15) is 22.8 Å². The number of anilines is 3. The molecule has 2 amide bonds. The molecule has 1 atom stereocenters. The fourth-order valence-electron chi connectivity index (χ4n) is 2.61. The van der Waals surface area contributed by atoms with Crippen LogP contribution >= 0.6 is 0 Å². The molecule has 0 bridgehead atoms. The van der Waals surface area contributed by atoms with Crippen LogP contribution in [0.4, 0.5) is 30.2 Å².